The molecule has 2 N–H and O–H groups in total. The van der Waals surface area contributed by atoms with Crippen LogP contribution in [-0.4, -0.2) is 10.2 Å². The van der Waals surface area contributed by atoms with Gasteiger partial charge in [0.05, 0.1) is 6.10 Å². The number of aromatic hydroxyl groups is 1. The Balaban J connectivity index is 2.83. The van der Waals surface area contributed by atoms with Crippen LogP contribution >= 0.6 is 0 Å². The lowest BCUT2D eigenvalue weighted by Crippen LogP contribution is -2.11. The lowest BCUT2D eigenvalue weighted by molar-refractivity contribution is 0.122. The summed E-state index contributed by atoms with van der Waals surface area (Å²) in [5, 5.41) is 19.5. The molecule has 0 bridgehead atoms. The zero-order chi connectivity index (χ0) is 11.6. The Labute approximate surface area is 91.6 Å². The Bertz CT molecular complexity index is 337. The van der Waals surface area contributed by atoms with Crippen molar-refractivity contribution in [2.24, 2.45) is 5.41 Å². The summed E-state index contributed by atoms with van der Waals surface area (Å²) in [6.45, 7) is 8.11. The number of aliphatic hydroxyl groups is 1. The number of benzene rings is 1. The monoisotopic (exact) mass is 208 g/mol. The van der Waals surface area contributed by atoms with Crippen LogP contribution in [0.5, 0.6) is 5.75 Å². The molecule has 0 saturated heterocycles. The third-order valence-corrected chi connectivity index (χ3v) is 2.42. The largest absolute Gasteiger partial charge is 0.508 e. The Morgan fingerprint density at radius 1 is 1.27 bits per heavy atom. The van der Waals surface area contributed by atoms with Crippen LogP contribution in [0.1, 0.15) is 44.4 Å². The van der Waals surface area contributed by atoms with Crippen LogP contribution in [0.15, 0.2) is 18.2 Å². The maximum Gasteiger partial charge on any atom is 0.118 e. The van der Waals surface area contributed by atoms with Crippen molar-refractivity contribution < 1.29 is 10.2 Å². The molecule has 15 heavy (non-hydrogen) atoms. The summed E-state index contributed by atoms with van der Waals surface area (Å²) >= 11 is 0. The van der Waals surface area contributed by atoms with Gasteiger partial charge in [-0.1, -0.05) is 32.9 Å². The van der Waals surface area contributed by atoms with Gasteiger partial charge in [-0.25, -0.2) is 0 Å². The number of rotatable bonds is 2. The fourth-order valence-electron chi connectivity index (χ4n) is 1.53. The second-order valence-electron chi connectivity index (χ2n) is 5.33. The van der Waals surface area contributed by atoms with E-state index >= 15 is 0 Å². The van der Waals surface area contributed by atoms with E-state index in [9.17, 15) is 10.2 Å². The molecule has 1 aromatic carbocycles. The molecular formula is C13H20O2. The molecule has 2 nitrogen and oxygen atoms in total. The van der Waals surface area contributed by atoms with Gasteiger partial charge < -0.3 is 10.2 Å². The third-order valence-electron chi connectivity index (χ3n) is 2.42. The molecule has 0 fully saturated rings. The van der Waals surface area contributed by atoms with Gasteiger partial charge in [0.25, 0.3) is 0 Å². The lowest BCUT2D eigenvalue weighted by Gasteiger charge is -2.22. The molecule has 0 aliphatic carbocycles. The Kier molecular flexibility index (Phi) is 3.40. The Hall–Kier alpha value is -1.02. The van der Waals surface area contributed by atoms with Gasteiger partial charge in [0.1, 0.15) is 5.75 Å². The van der Waals surface area contributed by atoms with E-state index in [1.54, 1.807) is 6.07 Å². The van der Waals surface area contributed by atoms with Crippen molar-refractivity contribution in [3.05, 3.63) is 29.3 Å². The molecule has 0 aliphatic heterocycles. The minimum atomic E-state index is -0.503. The van der Waals surface area contributed by atoms with Crippen LogP contribution < -0.4 is 0 Å². The normalized spacial score (nSPS) is 13.9. The summed E-state index contributed by atoms with van der Waals surface area (Å²) in [6.07, 6.45) is 0.187. The molecule has 0 amide bonds. The summed E-state index contributed by atoms with van der Waals surface area (Å²) in [4.78, 5) is 0. The van der Waals surface area contributed by atoms with Crippen molar-refractivity contribution in [1.82, 2.24) is 0 Å². The van der Waals surface area contributed by atoms with Crippen LogP contribution in [0, 0.1) is 12.3 Å². The van der Waals surface area contributed by atoms with E-state index in [-0.39, 0.29) is 11.2 Å². The first-order valence-corrected chi connectivity index (χ1v) is 5.27. The number of phenols is 1. The number of aliphatic hydroxyl groups excluding tert-OH is 1. The topological polar surface area (TPSA) is 40.5 Å². The highest BCUT2D eigenvalue weighted by Gasteiger charge is 2.18. The molecule has 2 heteroatoms. The highest BCUT2D eigenvalue weighted by Crippen LogP contribution is 2.31. The average Bonchev–Trinajstić information content (AvgIpc) is 2.06. The smallest absolute Gasteiger partial charge is 0.118 e. The van der Waals surface area contributed by atoms with E-state index in [1.807, 2.05) is 19.1 Å². The van der Waals surface area contributed by atoms with Gasteiger partial charge in [-0.3, -0.25) is 0 Å². The number of aryl methyl sites for hydroxylation is 1. The van der Waals surface area contributed by atoms with Crippen molar-refractivity contribution in [3.63, 3.8) is 0 Å². The van der Waals surface area contributed by atoms with Crippen LogP contribution in [0.4, 0.5) is 0 Å². The molecule has 0 aromatic heterocycles. The van der Waals surface area contributed by atoms with E-state index in [4.69, 9.17) is 0 Å². The zero-order valence-electron chi connectivity index (χ0n) is 9.91. The van der Waals surface area contributed by atoms with Gasteiger partial charge in [-0.05, 0) is 36.0 Å². The number of hydrogen-bond donors (Lipinski definition) is 2. The van der Waals surface area contributed by atoms with Gasteiger partial charge >= 0.3 is 0 Å². The van der Waals surface area contributed by atoms with Crippen LogP contribution in [0.25, 0.3) is 0 Å². The molecule has 0 heterocycles. The summed E-state index contributed by atoms with van der Waals surface area (Å²) in [5.41, 5.74) is 1.70. The molecule has 0 saturated carbocycles. The first-order valence-electron chi connectivity index (χ1n) is 5.27. The first kappa shape index (κ1) is 12.1. The summed E-state index contributed by atoms with van der Waals surface area (Å²) in [6, 6.07) is 5.34. The summed E-state index contributed by atoms with van der Waals surface area (Å²) < 4.78 is 0. The molecule has 0 spiro atoms. The molecule has 0 radical (unpaired) electrons. The molecule has 84 valence electrons. The Morgan fingerprint density at radius 2 is 1.87 bits per heavy atom. The predicted octanol–water partition coefficient (Wildman–Crippen LogP) is 3.17. The quantitative estimate of drug-likeness (QED) is 0.783. The van der Waals surface area contributed by atoms with Crippen molar-refractivity contribution in [3.8, 4) is 5.75 Å². The number of phenolic OH excluding ortho intramolecular Hbond substituents is 1. The molecule has 1 rings (SSSR count). The maximum absolute atomic E-state index is 9.96. The fraction of sp³-hybridized carbons (Fsp3) is 0.538. The molecular weight excluding hydrogens is 188 g/mol. The predicted molar refractivity (Wildman–Crippen MR) is 61.9 cm³/mol. The van der Waals surface area contributed by atoms with E-state index in [1.165, 1.54) is 0 Å². The lowest BCUT2D eigenvalue weighted by atomic mass is 9.87. The van der Waals surface area contributed by atoms with Crippen molar-refractivity contribution in [2.45, 2.75) is 40.2 Å². The highest BCUT2D eigenvalue weighted by molar-refractivity contribution is 5.36. The van der Waals surface area contributed by atoms with Gasteiger partial charge in [-0.15, -0.1) is 0 Å². The highest BCUT2D eigenvalue weighted by atomic mass is 16.3. The van der Waals surface area contributed by atoms with Crippen LogP contribution in [0.3, 0.4) is 0 Å². The SMILES string of the molecule is Cc1ccc([C@H](O)CC(C)(C)C)cc1O. The van der Waals surface area contributed by atoms with Crippen LogP contribution in [-0.2, 0) is 0 Å². The molecule has 0 unspecified atom stereocenters. The average molecular weight is 208 g/mol. The van der Waals surface area contributed by atoms with E-state index in [2.05, 4.69) is 20.8 Å². The summed E-state index contributed by atoms with van der Waals surface area (Å²) in [5.74, 6) is 0.250. The number of hydrogen-bond acceptors (Lipinski definition) is 2. The standard InChI is InChI=1S/C13H20O2/c1-9-5-6-10(7-11(9)14)12(15)8-13(2,3)4/h5-7,12,14-15H,8H2,1-4H3/t12-/m1/s1. The van der Waals surface area contributed by atoms with Crippen molar-refractivity contribution >= 4 is 0 Å². The molecule has 0 aliphatic rings. The fourth-order valence-corrected chi connectivity index (χ4v) is 1.53. The van der Waals surface area contributed by atoms with Gasteiger partial charge in [0, 0.05) is 0 Å². The zero-order valence-corrected chi connectivity index (χ0v) is 9.91. The van der Waals surface area contributed by atoms with Gasteiger partial charge in [0.2, 0.25) is 0 Å². The second kappa shape index (κ2) is 4.23. The minimum Gasteiger partial charge on any atom is -0.508 e. The molecule has 1 atom stereocenters. The van der Waals surface area contributed by atoms with Gasteiger partial charge in [0.15, 0.2) is 0 Å². The van der Waals surface area contributed by atoms with E-state index < -0.39 is 6.10 Å². The Morgan fingerprint density at radius 3 is 2.33 bits per heavy atom. The van der Waals surface area contributed by atoms with Gasteiger partial charge in [-0.2, -0.15) is 0 Å². The van der Waals surface area contributed by atoms with E-state index in [0.717, 1.165) is 11.1 Å². The van der Waals surface area contributed by atoms with Crippen molar-refractivity contribution in [1.29, 1.82) is 0 Å². The van der Waals surface area contributed by atoms with Crippen LogP contribution in [0.2, 0.25) is 0 Å². The van der Waals surface area contributed by atoms with E-state index in [0.29, 0.717) is 6.42 Å². The second-order valence-corrected chi connectivity index (χ2v) is 5.33. The first-order chi connectivity index (χ1) is 6.79. The van der Waals surface area contributed by atoms with Crippen molar-refractivity contribution in [2.75, 3.05) is 0 Å². The summed E-state index contributed by atoms with van der Waals surface area (Å²) in [7, 11) is 0. The molecule has 1 aromatic rings. The third kappa shape index (κ3) is 3.56. The minimum absolute atomic E-state index is 0.0833. The maximum atomic E-state index is 9.96.